The highest BCUT2D eigenvalue weighted by Gasteiger charge is 2.24. The molecule has 0 spiro atoms. The molecule has 1 aromatic rings. The molecule has 0 amide bonds. The molecule has 0 unspecified atom stereocenters. The van der Waals surface area contributed by atoms with E-state index in [1.54, 1.807) is 0 Å². The topological polar surface area (TPSA) is 38.2 Å². The van der Waals surface area contributed by atoms with Crippen molar-refractivity contribution < 1.29 is 9.13 Å². The molecule has 1 aliphatic carbocycles. The minimum Gasteiger partial charge on any atom is -0.460 e. The molecular formula is C12H18FN3O. The Morgan fingerprint density at radius 1 is 1.18 bits per heavy atom. The molecule has 0 saturated heterocycles. The predicted molar refractivity (Wildman–Crippen MR) is 62.3 cm³/mol. The molecule has 2 rings (SSSR count). The van der Waals surface area contributed by atoms with Crippen molar-refractivity contribution in [2.75, 3.05) is 14.1 Å². The summed E-state index contributed by atoms with van der Waals surface area (Å²) < 4.78 is 18.3. The van der Waals surface area contributed by atoms with Gasteiger partial charge in [-0.1, -0.05) is 0 Å². The molecule has 1 aromatic heterocycles. The Bertz CT molecular complexity index is 347. The van der Waals surface area contributed by atoms with Crippen LogP contribution in [0.2, 0.25) is 0 Å². The Balaban J connectivity index is 1.84. The Labute approximate surface area is 101 Å². The van der Waals surface area contributed by atoms with Gasteiger partial charge in [-0.05, 0) is 39.8 Å². The zero-order valence-corrected chi connectivity index (χ0v) is 10.3. The molecule has 0 aliphatic heterocycles. The summed E-state index contributed by atoms with van der Waals surface area (Å²) in [5.41, 5.74) is 0. The largest absolute Gasteiger partial charge is 0.460 e. The molecule has 0 aromatic carbocycles. The zero-order valence-electron chi connectivity index (χ0n) is 10.3. The monoisotopic (exact) mass is 239 g/mol. The van der Waals surface area contributed by atoms with E-state index in [0.29, 0.717) is 6.04 Å². The van der Waals surface area contributed by atoms with Crippen molar-refractivity contribution in [3.8, 4) is 6.01 Å². The molecular weight excluding hydrogens is 221 g/mol. The fourth-order valence-corrected chi connectivity index (χ4v) is 2.19. The number of hydrogen-bond donors (Lipinski definition) is 0. The van der Waals surface area contributed by atoms with Gasteiger partial charge >= 0.3 is 6.01 Å². The molecule has 0 bridgehead atoms. The molecule has 1 fully saturated rings. The first-order valence-electron chi connectivity index (χ1n) is 5.96. The summed E-state index contributed by atoms with van der Waals surface area (Å²) in [6, 6.07) is 0.920. The lowest BCUT2D eigenvalue weighted by Gasteiger charge is -2.32. The third-order valence-electron chi connectivity index (χ3n) is 3.24. The highest BCUT2D eigenvalue weighted by molar-refractivity contribution is 4.97. The van der Waals surface area contributed by atoms with Crippen LogP contribution >= 0.6 is 0 Å². The Morgan fingerprint density at radius 3 is 2.29 bits per heavy atom. The van der Waals surface area contributed by atoms with Crippen LogP contribution in [0.1, 0.15) is 25.7 Å². The second-order valence-electron chi connectivity index (χ2n) is 4.70. The quantitative estimate of drug-likeness (QED) is 0.807. The molecule has 94 valence electrons. The van der Waals surface area contributed by atoms with Crippen LogP contribution in [0, 0.1) is 5.82 Å². The van der Waals surface area contributed by atoms with Gasteiger partial charge in [-0.2, -0.15) is 0 Å². The van der Waals surface area contributed by atoms with E-state index in [1.807, 2.05) is 0 Å². The van der Waals surface area contributed by atoms with E-state index >= 15 is 0 Å². The summed E-state index contributed by atoms with van der Waals surface area (Å²) >= 11 is 0. The minimum absolute atomic E-state index is 0.164. The van der Waals surface area contributed by atoms with Crippen molar-refractivity contribution in [2.45, 2.75) is 37.8 Å². The standard InChI is InChI=1S/C12H18FN3O/c1-16(2)10-3-5-11(6-4-10)17-12-14-7-9(13)8-15-12/h7-8,10-11H,3-6H2,1-2H3. The van der Waals surface area contributed by atoms with Crippen LogP contribution in [-0.2, 0) is 0 Å². The molecule has 0 atom stereocenters. The number of nitrogens with zero attached hydrogens (tertiary/aromatic N) is 3. The van der Waals surface area contributed by atoms with Crippen LogP contribution in [-0.4, -0.2) is 41.1 Å². The number of rotatable bonds is 3. The van der Waals surface area contributed by atoms with Gasteiger partial charge in [0.15, 0.2) is 5.82 Å². The number of halogens is 1. The maximum Gasteiger partial charge on any atom is 0.316 e. The number of ether oxygens (including phenoxy) is 1. The lowest BCUT2D eigenvalue weighted by atomic mass is 9.92. The first-order chi connectivity index (χ1) is 8.15. The lowest BCUT2D eigenvalue weighted by Crippen LogP contribution is -2.35. The highest BCUT2D eigenvalue weighted by Crippen LogP contribution is 2.24. The number of aromatic nitrogens is 2. The maximum absolute atomic E-state index is 12.6. The van der Waals surface area contributed by atoms with Crippen molar-refractivity contribution in [2.24, 2.45) is 0 Å². The van der Waals surface area contributed by atoms with E-state index in [-0.39, 0.29) is 12.1 Å². The zero-order chi connectivity index (χ0) is 12.3. The van der Waals surface area contributed by atoms with Crippen molar-refractivity contribution in [3.63, 3.8) is 0 Å². The lowest BCUT2D eigenvalue weighted by molar-refractivity contribution is 0.102. The molecule has 5 heteroatoms. The molecule has 1 saturated carbocycles. The Morgan fingerprint density at radius 2 is 1.76 bits per heavy atom. The van der Waals surface area contributed by atoms with Crippen molar-refractivity contribution in [3.05, 3.63) is 18.2 Å². The van der Waals surface area contributed by atoms with E-state index in [2.05, 4.69) is 29.0 Å². The molecule has 0 radical (unpaired) electrons. The van der Waals surface area contributed by atoms with Crippen LogP contribution in [0.3, 0.4) is 0 Å². The van der Waals surface area contributed by atoms with E-state index in [0.717, 1.165) is 38.1 Å². The van der Waals surface area contributed by atoms with E-state index in [4.69, 9.17) is 4.74 Å². The van der Waals surface area contributed by atoms with E-state index in [1.165, 1.54) is 0 Å². The van der Waals surface area contributed by atoms with Gasteiger partial charge in [0.05, 0.1) is 12.4 Å². The summed E-state index contributed by atoms with van der Waals surface area (Å²) in [6.07, 6.45) is 6.68. The first kappa shape index (κ1) is 12.2. The first-order valence-corrected chi connectivity index (χ1v) is 5.96. The maximum atomic E-state index is 12.6. The third-order valence-corrected chi connectivity index (χ3v) is 3.24. The summed E-state index contributed by atoms with van der Waals surface area (Å²) in [6.45, 7) is 0. The SMILES string of the molecule is CN(C)C1CCC(Oc2ncc(F)cn2)CC1. The molecule has 1 heterocycles. The van der Waals surface area contributed by atoms with Gasteiger partial charge < -0.3 is 9.64 Å². The summed E-state index contributed by atoms with van der Waals surface area (Å²) in [4.78, 5) is 9.87. The highest BCUT2D eigenvalue weighted by atomic mass is 19.1. The fourth-order valence-electron chi connectivity index (χ4n) is 2.19. The van der Waals surface area contributed by atoms with Crippen LogP contribution < -0.4 is 4.74 Å². The van der Waals surface area contributed by atoms with Gasteiger partial charge in [-0.3, -0.25) is 0 Å². The molecule has 17 heavy (non-hydrogen) atoms. The summed E-state index contributed by atoms with van der Waals surface area (Å²) in [5, 5.41) is 0. The number of hydrogen-bond acceptors (Lipinski definition) is 4. The second kappa shape index (κ2) is 5.40. The third kappa shape index (κ3) is 3.36. The van der Waals surface area contributed by atoms with Gasteiger partial charge in [0.25, 0.3) is 0 Å². The normalized spacial score (nSPS) is 24.9. The van der Waals surface area contributed by atoms with Crippen molar-refractivity contribution in [1.29, 1.82) is 0 Å². The predicted octanol–water partition coefficient (Wildman–Crippen LogP) is 1.87. The average Bonchev–Trinajstić information content (AvgIpc) is 2.33. The second-order valence-corrected chi connectivity index (χ2v) is 4.70. The van der Waals surface area contributed by atoms with Crippen LogP contribution in [0.4, 0.5) is 4.39 Å². The minimum atomic E-state index is -0.436. The van der Waals surface area contributed by atoms with Gasteiger partial charge in [0.2, 0.25) is 0 Å². The van der Waals surface area contributed by atoms with Gasteiger partial charge in [-0.25, -0.2) is 14.4 Å². The molecule has 0 N–H and O–H groups in total. The van der Waals surface area contributed by atoms with Crippen LogP contribution in [0.25, 0.3) is 0 Å². The fraction of sp³-hybridized carbons (Fsp3) is 0.667. The summed E-state index contributed by atoms with van der Waals surface area (Å²) in [7, 11) is 4.21. The smallest absolute Gasteiger partial charge is 0.316 e. The average molecular weight is 239 g/mol. The van der Waals surface area contributed by atoms with Crippen LogP contribution in [0.15, 0.2) is 12.4 Å². The van der Waals surface area contributed by atoms with E-state index < -0.39 is 5.82 Å². The van der Waals surface area contributed by atoms with Gasteiger partial charge in [0, 0.05) is 6.04 Å². The Hall–Kier alpha value is -1.23. The van der Waals surface area contributed by atoms with Crippen molar-refractivity contribution >= 4 is 0 Å². The van der Waals surface area contributed by atoms with Crippen molar-refractivity contribution in [1.82, 2.24) is 14.9 Å². The Kier molecular flexibility index (Phi) is 3.89. The van der Waals surface area contributed by atoms with Gasteiger partial charge in [-0.15, -0.1) is 0 Å². The molecule has 4 nitrogen and oxygen atoms in total. The van der Waals surface area contributed by atoms with Crippen LogP contribution in [0.5, 0.6) is 6.01 Å². The summed E-state index contributed by atoms with van der Waals surface area (Å²) in [5.74, 6) is -0.436. The van der Waals surface area contributed by atoms with E-state index in [9.17, 15) is 4.39 Å². The van der Waals surface area contributed by atoms with Gasteiger partial charge in [0.1, 0.15) is 6.10 Å². The molecule has 1 aliphatic rings.